The van der Waals surface area contributed by atoms with Gasteiger partial charge in [-0.3, -0.25) is 29.1 Å². The van der Waals surface area contributed by atoms with Gasteiger partial charge in [0.15, 0.2) is 12.2 Å². The van der Waals surface area contributed by atoms with Crippen LogP contribution >= 0.6 is 0 Å². The van der Waals surface area contributed by atoms with Crippen molar-refractivity contribution in [3.05, 3.63) is 46.1 Å². The van der Waals surface area contributed by atoms with E-state index in [1.54, 1.807) is 0 Å². The number of aromatic nitrogens is 2. The maximum Gasteiger partial charge on any atom is 0.328 e. The number of aliphatic carboxylic acids is 1. The number of carbonyl (C=O) groups is 6. The third kappa shape index (κ3) is 11.5. The van der Waals surface area contributed by atoms with Crippen LogP contribution in [0.5, 0.6) is 5.88 Å². The van der Waals surface area contributed by atoms with Crippen LogP contribution in [0.2, 0.25) is 0 Å². The molecule has 1 aromatic carbocycles. The molecule has 1 aliphatic heterocycles. The highest BCUT2D eigenvalue weighted by molar-refractivity contribution is 5.86. The third-order valence-electron chi connectivity index (χ3n) is 8.24. The number of hydrogen-bond acceptors (Lipinski definition) is 13. The van der Waals surface area contributed by atoms with E-state index in [2.05, 4.69) is 15.5 Å². The summed E-state index contributed by atoms with van der Waals surface area (Å²) in [6.45, 7) is 13.0. The minimum absolute atomic E-state index is 0.0212. The van der Waals surface area contributed by atoms with Crippen LogP contribution in [0.4, 0.5) is 0 Å². The number of amides is 1. The summed E-state index contributed by atoms with van der Waals surface area (Å²) in [5.74, 6) is -4.28. The molecule has 0 unspecified atom stereocenters. The number of nitrogens with one attached hydrogen (secondary N) is 2. The summed E-state index contributed by atoms with van der Waals surface area (Å²) in [5.41, 5.74) is 2.99. The van der Waals surface area contributed by atoms with Crippen LogP contribution in [-0.2, 0) is 65.3 Å². The number of carboxylic acid groups (broad SMARTS) is 1. The fraction of sp³-hybridized carbons (Fsp3) is 0.583. The van der Waals surface area contributed by atoms with Crippen molar-refractivity contribution >= 4 is 35.8 Å². The van der Waals surface area contributed by atoms with Gasteiger partial charge in [-0.1, -0.05) is 32.0 Å². The fourth-order valence-corrected chi connectivity index (χ4v) is 5.72. The van der Waals surface area contributed by atoms with E-state index >= 15 is 0 Å². The van der Waals surface area contributed by atoms with Gasteiger partial charge in [0.05, 0.1) is 0 Å². The smallest absolute Gasteiger partial charge is 0.328 e. The highest BCUT2D eigenvalue weighted by Crippen LogP contribution is 2.34. The van der Waals surface area contributed by atoms with E-state index in [1.807, 2.05) is 39.0 Å². The Hall–Kier alpha value is -4.99. The van der Waals surface area contributed by atoms with E-state index in [0.717, 1.165) is 43.2 Å². The molecule has 1 aromatic heterocycles. The predicted molar refractivity (Wildman–Crippen MR) is 182 cm³/mol. The second-order valence-electron chi connectivity index (χ2n) is 13.5. The van der Waals surface area contributed by atoms with Crippen LogP contribution in [0.25, 0.3) is 0 Å². The second kappa shape index (κ2) is 18.0. The van der Waals surface area contributed by atoms with Gasteiger partial charge in [-0.2, -0.15) is 0 Å². The first kappa shape index (κ1) is 41.4. The maximum atomic E-state index is 12.3. The number of H-pyrrole nitrogens is 1. The van der Waals surface area contributed by atoms with Gasteiger partial charge in [-0.15, -0.1) is 5.10 Å². The lowest BCUT2D eigenvalue weighted by Crippen LogP contribution is -2.63. The summed E-state index contributed by atoms with van der Waals surface area (Å²) in [6.07, 6.45) is -5.15. The zero-order chi connectivity index (χ0) is 38.9. The first-order valence-electron chi connectivity index (χ1n) is 17.0. The molecule has 0 saturated carbocycles. The van der Waals surface area contributed by atoms with Gasteiger partial charge >= 0.3 is 29.8 Å². The monoisotopic (exact) mass is 731 g/mol. The van der Waals surface area contributed by atoms with Crippen molar-refractivity contribution in [2.45, 2.75) is 130 Å². The molecule has 2 aromatic rings. The van der Waals surface area contributed by atoms with Crippen LogP contribution < -0.4 is 10.1 Å². The Morgan fingerprint density at radius 2 is 1.56 bits per heavy atom. The van der Waals surface area contributed by atoms with Gasteiger partial charge in [0.2, 0.25) is 24.2 Å². The number of esters is 4. The molecule has 3 N–H and O–H groups in total. The van der Waals surface area contributed by atoms with Crippen molar-refractivity contribution < 1.29 is 62.3 Å². The van der Waals surface area contributed by atoms with E-state index in [0.29, 0.717) is 24.8 Å². The molecule has 1 amide bonds. The number of ether oxygens (including phenoxy) is 6. The molecule has 0 aliphatic carbocycles. The first-order chi connectivity index (χ1) is 24.3. The van der Waals surface area contributed by atoms with Gasteiger partial charge in [-0.25, -0.2) is 4.79 Å². The van der Waals surface area contributed by atoms with Crippen LogP contribution in [-0.4, -0.2) is 93.9 Å². The van der Waals surface area contributed by atoms with Crippen LogP contribution in [0.3, 0.4) is 0 Å². The Morgan fingerprint density at radius 3 is 2.12 bits per heavy atom. The fourth-order valence-electron chi connectivity index (χ4n) is 5.72. The average Bonchev–Trinajstić information content (AvgIpc) is 3.41. The van der Waals surface area contributed by atoms with E-state index in [9.17, 15) is 33.9 Å². The van der Waals surface area contributed by atoms with Crippen molar-refractivity contribution in [2.75, 3.05) is 6.61 Å². The number of carbonyl (C=O) groups excluding carboxylic acids is 5. The van der Waals surface area contributed by atoms with Gasteiger partial charge in [0, 0.05) is 51.8 Å². The van der Waals surface area contributed by atoms with E-state index in [-0.39, 0.29) is 24.1 Å². The molecule has 0 spiro atoms. The molecule has 16 nitrogen and oxygen atoms in total. The zero-order valence-electron chi connectivity index (χ0n) is 31.0. The SMILES string of the molecule is CC(=O)OC[C@H]1O[C@@H](Oc2n[nH]c(C(C)C)c2Cc2ccc(CCCC(=O)NC(C)(C)C(=O)O)cc2C)[C@H](OC(C)=O)[C@@H](OC(C)=O)[C@@H]1OC(C)=O. The van der Waals surface area contributed by atoms with Crippen molar-refractivity contribution in [2.24, 2.45) is 0 Å². The Balaban J connectivity index is 1.90. The molecule has 3 rings (SSSR count). The lowest BCUT2D eigenvalue weighted by Gasteiger charge is -2.43. The van der Waals surface area contributed by atoms with E-state index in [1.165, 1.54) is 20.8 Å². The van der Waals surface area contributed by atoms with Crippen LogP contribution in [0.15, 0.2) is 18.2 Å². The summed E-state index contributed by atoms with van der Waals surface area (Å²) in [4.78, 5) is 72.0. The minimum Gasteiger partial charge on any atom is -0.480 e. The maximum absolute atomic E-state index is 12.3. The van der Waals surface area contributed by atoms with Crippen molar-refractivity contribution in [1.29, 1.82) is 0 Å². The second-order valence-corrected chi connectivity index (χ2v) is 13.5. The lowest BCUT2D eigenvalue weighted by atomic mass is 9.94. The summed E-state index contributed by atoms with van der Waals surface area (Å²) >= 11 is 0. The molecule has 1 fully saturated rings. The zero-order valence-corrected chi connectivity index (χ0v) is 31.0. The van der Waals surface area contributed by atoms with Crippen LogP contribution in [0.1, 0.15) is 102 Å². The topological polar surface area (TPSA) is 219 Å². The summed E-state index contributed by atoms with van der Waals surface area (Å²) in [7, 11) is 0. The largest absolute Gasteiger partial charge is 0.480 e. The highest BCUT2D eigenvalue weighted by Gasteiger charge is 2.53. The molecular weight excluding hydrogens is 682 g/mol. The van der Waals surface area contributed by atoms with Crippen LogP contribution in [0, 0.1) is 6.92 Å². The number of hydrogen-bond donors (Lipinski definition) is 3. The quantitative estimate of drug-likeness (QED) is 0.167. The summed E-state index contributed by atoms with van der Waals surface area (Å²) in [6, 6.07) is 5.94. The molecule has 0 radical (unpaired) electrons. The highest BCUT2D eigenvalue weighted by atomic mass is 16.7. The predicted octanol–water partition coefficient (Wildman–Crippen LogP) is 3.20. The molecular formula is C36H49N3O13. The number of aryl methyl sites for hydroxylation is 2. The molecule has 286 valence electrons. The standard InChI is InChI=1S/C36H49N3O13/c1-18(2)29-26(16-25-14-13-24(15-19(25)3)11-10-12-28(44)37-36(8,9)35(45)46)33(39-38-29)52-34-32(50-23(7)43)31(49-22(6)42)30(48-21(5)41)27(51-34)17-47-20(4)40/h13-15,18,27,30-32,34H,10-12,16-17H2,1-9H3,(H,37,44)(H,38,39)(H,45,46)/t27-,30-,31+,32-,34+/m1/s1. The molecule has 1 aliphatic rings. The average molecular weight is 732 g/mol. The Kier molecular flexibility index (Phi) is 14.3. The van der Waals surface area contributed by atoms with Crippen molar-refractivity contribution in [1.82, 2.24) is 15.5 Å². The normalized spacial score (nSPS) is 20.1. The lowest BCUT2D eigenvalue weighted by molar-refractivity contribution is -0.289. The van der Waals surface area contributed by atoms with Gasteiger partial charge in [0.1, 0.15) is 18.2 Å². The first-order valence-corrected chi connectivity index (χ1v) is 17.0. The van der Waals surface area contributed by atoms with Gasteiger partial charge < -0.3 is 38.8 Å². The molecule has 1 saturated heterocycles. The molecule has 0 bridgehead atoms. The number of benzene rings is 1. The number of carboxylic acids is 1. The summed E-state index contributed by atoms with van der Waals surface area (Å²) < 4.78 is 34.1. The minimum atomic E-state index is -1.45. The third-order valence-corrected chi connectivity index (χ3v) is 8.24. The van der Waals surface area contributed by atoms with Gasteiger partial charge in [0.25, 0.3) is 0 Å². The summed E-state index contributed by atoms with van der Waals surface area (Å²) in [5, 5.41) is 19.2. The Labute approximate surface area is 302 Å². The number of nitrogens with zero attached hydrogens (tertiary/aromatic N) is 1. The molecule has 5 atom stereocenters. The van der Waals surface area contributed by atoms with E-state index in [4.69, 9.17) is 28.4 Å². The molecule has 16 heteroatoms. The van der Waals surface area contributed by atoms with Gasteiger partial charge in [-0.05, 0) is 56.2 Å². The molecule has 52 heavy (non-hydrogen) atoms. The number of rotatable bonds is 16. The Morgan fingerprint density at radius 1 is 0.942 bits per heavy atom. The Bertz CT molecular complexity index is 1630. The van der Waals surface area contributed by atoms with E-state index < -0.39 is 72.7 Å². The number of aromatic amines is 1. The van der Waals surface area contributed by atoms with Crippen molar-refractivity contribution in [3.8, 4) is 5.88 Å². The van der Waals surface area contributed by atoms with Crippen molar-refractivity contribution in [3.63, 3.8) is 0 Å². The molecule has 2 heterocycles.